The van der Waals surface area contributed by atoms with Gasteiger partial charge in [-0.3, -0.25) is 0 Å². The van der Waals surface area contributed by atoms with Gasteiger partial charge in [0.25, 0.3) is 6.23 Å². The van der Waals surface area contributed by atoms with Gasteiger partial charge in [-0.1, -0.05) is 43.7 Å². The van der Waals surface area contributed by atoms with Crippen molar-refractivity contribution in [2.45, 2.75) is 39.8 Å². The molecule has 3 rings (SSSR count). The van der Waals surface area contributed by atoms with E-state index in [0.29, 0.717) is 5.92 Å². The predicted octanol–water partition coefficient (Wildman–Crippen LogP) is 4.67. The quantitative estimate of drug-likeness (QED) is 0.678. The van der Waals surface area contributed by atoms with Crippen molar-refractivity contribution in [2.75, 3.05) is 13.7 Å². The second-order valence-electron chi connectivity index (χ2n) is 7.26. The Bertz CT molecular complexity index is 927. The van der Waals surface area contributed by atoms with Gasteiger partial charge in [0.15, 0.2) is 6.20 Å². The number of aliphatic hydroxyl groups is 1. The highest BCUT2D eigenvalue weighted by Gasteiger charge is 2.26. The molecule has 2 aromatic carbocycles. The normalized spacial score (nSPS) is 12.7. The number of hydrogen-bond acceptors (Lipinski definition) is 2. The number of aliphatic hydroxyl groups excluding tert-OH is 1. The van der Waals surface area contributed by atoms with Gasteiger partial charge in [0.1, 0.15) is 6.61 Å². The summed E-state index contributed by atoms with van der Waals surface area (Å²) < 4.78 is 7.61. The lowest BCUT2D eigenvalue weighted by atomic mass is 9.94. The van der Waals surface area contributed by atoms with Gasteiger partial charge in [-0.2, -0.15) is 4.57 Å². The highest BCUT2D eigenvalue weighted by molar-refractivity contribution is 5.94. The first-order chi connectivity index (χ1) is 12.5. The van der Waals surface area contributed by atoms with Gasteiger partial charge < -0.3 is 9.84 Å². The molecule has 3 aromatic rings. The zero-order chi connectivity index (χ0) is 18.8. The van der Waals surface area contributed by atoms with E-state index in [1.54, 1.807) is 7.11 Å². The van der Waals surface area contributed by atoms with Crippen LogP contribution in [0.1, 0.15) is 42.7 Å². The number of methoxy groups -OCH3 is 1. The Hall–Kier alpha value is -2.23. The zero-order valence-electron chi connectivity index (χ0n) is 16.3. The van der Waals surface area contributed by atoms with Gasteiger partial charge >= 0.3 is 0 Å². The van der Waals surface area contributed by atoms with E-state index in [0.717, 1.165) is 5.69 Å². The Morgan fingerprint density at radius 1 is 1.04 bits per heavy atom. The molecule has 136 valence electrons. The smallest absolute Gasteiger partial charge is 0.286 e. The zero-order valence-corrected chi connectivity index (χ0v) is 16.3. The summed E-state index contributed by atoms with van der Waals surface area (Å²) in [5.41, 5.74) is 5.99. The fraction of sp³-hybridized carbons (Fsp3) is 0.348. The molecule has 0 fully saturated rings. The molecule has 3 heteroatoms. The summed E-state index contributed by atoms with van der Waals surface area (Å²) in [6.45, 7) is 8.58. The molecule has 0 spiro atoms. The second kappa shape index (κ2) is 7.56. The minimum atomic E-state index is -0.419. The summed E-state index contributed by atoms with van der Waals surface area (Å²) in [4.78, 5) is 0. The summed E-state index contributed by atoms with van der Waals surface area (Å²) >= 11 is 0. The molecule has 26 heavy (non-hydrogen) atoms. The van der Waals surface area contributed by atoms with Crippen molar-refractivity contribution in [1.82, 2.24) is 0 Å². The van der Waals surface area contributed by atoms with E-state index in [1.165, 1.54) is 33.0 Å². The third-order valence-electron chi connectivity index (χ3n) is 5.06. The highest BCUT2D eigenvalue weighted by Crippen LogP contribution is 2.31. The van der Waals surface area contributed by atoms with Crippen LogP contribution in [0.15, 0.2) is 48.7 Å². The molecule has 0 amide bonds. The average Bonchev–Trinajstić information content (AvgIpc) is 2.64. The van der Waals surface area contributed by atoms with Crippen molar-refractivity contribution in [1.29, 1.82) is 0 Å². The Balaban J connectivity index is 2.42. The molecular weight excluding hydrogens is 322 g/mol. The number of rotatable bonds is 5. The summed E-state index contributed by atoms with van der Waals surface area (Å²) in [7, 11) is 1.63. The number of ether oxygens (including phenoxy) is 1. The molecule has 0 radical (unpaired) electrons. The van der Waals surface area contributed by atoms with Crippen molar-refractivity contribution < 1.29 is 14.4 Å². The van der Waals surface area contributed by atoms with Crippen LogP contribution in [-0.4, -0.2) is 18.8 Å². The van der Waals surface area contributed by atoms with Gasteiger partial charge in [-0.25, -0.2) is 0 Å². The predicted molar refractivity (Wildman–Crippen MR) is 106 cm³/mol. The maximum Gasteiger partial charge on any atom is 0.286 e. The van der Waals surface area contributed by atoms with Gasteiger partial charge in [0.2, 0.25) is 5.69 Å². The Labute approximate surface area is 155 Å². The Kier molecular flexibility index (Phi) is 5.40. The summed E-state index contributed by atoms with van der Waals surface area (Å²) in [6, 6.07) is 15.3. The maximum atomic E-state index is 9.84. The first kappa shape index (κ1) is 18.6. The molecule has 0 aliphatic heterocycles. The van der Waals surface area contributed by atoms with Gasteiger partial charge in [0.05, 0.1) is 10.9 Å². The van der Waals surface area contributed by atoms with Crippen molar-refractivity contribution >= 4 is 10.8 Å². The van der Waals surface area contributed by atoms with Crippen molar-refractivity contribution in [3.8, 4) is 11.3 Å². The number of aryl methyl sites for hydroxylation is 2. The lowest BCUT2D eigenvalue weighted by Gasteiger charge is -2.16. The van der Waals surface area contributed by atoms with Crippen LogP contribution >= 0.6 is 0 Å². The van der Waals surface area contributed by atoms with E-state index in [-0.39, 0.29) is 6.61 Å². The summed E-state index contributed by atoms with van der Waals surface area (Å²) in [5.74, 6) is 0.454. The molecule has 1 atom stereocenters. The molecule has 0 unspecified atom stereocenters. The lowest BCUT2D eigenvalue weighted by Crippen LogP contribution is -2.44. The van der Waals surface area contributed by atoms with Crippen molar-refractivity contribution in [3.05, 3.63) is 65.4 Å². The number of pyridine rings is 1. The van der Waals surface area contributed by atoms with Crippen LogP contribution in [0, 0.1) is 13.8 Å². The third kappa shape index (κ3) is 3.37. The van der Waals surface area contributed by atoms with Crippen LogP contribution in [0.2, 0.25) is 0 Å². The fourth-order valence-electron chi connectivity index (χ4n) is 3.45. The Morgan fingerprint density at radius 2 is 1.81 bits per heavy atom. The SMILES string of the molecule is CO[C@H](CO)[n+]1ccc2ccc(C(C)C)cc2c1-c1cc(C)ccc1C. The van der Waals surface area contributed by atoms with Crippen LogP contribution in [0.4, 0.5) is 0 Å². The molecule has 0 aliphatic rings. The van der Waals surface area contributed by atoms with Crippen LogP contribution in [0.5, 0.6) is 0 Å². The molecule has 1 heterocycles. The molecule has 0 saturated heterocycles. The van der Waals surface area contributed by atoms with Crippen LogP contribution < -0.4 is 4.57 Å². The third-order valence-corrected chi connectivity index (χ3v) is 5.06. The average molecular weight is 350 g/mol. The van der Waals surface area contributed by atoms with Crippen molar-refractivity contribution in [3.63, 3.8) is 0 Å². The van der Waals surface area contributed by atoms with Crippen LogP contribution in [0.3, 0.4) is 0 Å². The monoisotopic (exact) mass is 350 g/mol. The number of aromatic nitrogens is 1. The molecule has 0 saturated carbocycles. The van der Waals surface area contributed by atoms with E-state index in [9.17, 15) is 5.11 Å². The minimum absolute atomic E-state index is 0.0750. The standard InChI is InChI=1S/C23H28NO2/c1-15(2)19-9-8-18-10-11-24(22(14-25)26-5)23(21(18)13-19)20-12-16(3)6-7-17(20)4/h6-13,15,22,25H,14H2,1-5H3/q+1/t22-/m1/s1. The van der Waals surface area contributed by atoms with E-state index in [2.05, 4.69) is 70.2 Å². The van der Waals surface area contributed by atoms with E-state index < -0.39 is 6.23 Å². The number of nitrogens with zero attached hydrogens (tertiary/aromatic N) is 1. The van der Waals surface area contributed by atoms with Gasteiger partial charge in [0, 0.05) is 13.2 Å². The van der Waals surface area contributed by atoms with Crippen molar-refractivity contribution in [2.24, 2.45) is 0 Å². The van der Waals surface area contributed by atoms with E-state index in [4.69, 9.17) is 4.74 Å². The van der Waals surface area contributed by atoms with Gasteiger partial charge in [-0.15, -0.1) is 0 Å². The highest BCUT2D eigenvalue weighted by atomic mass is 16.5. The fourth-order valence-corrected chi connectivity index (χ4v) is 3.45. The number of fused-ring (bicyclic) bond motifs is 1. The van der Waals surface area contributed by atoms with Crippen LogP contribution in [-0.2, 0) is 4.74 Å². The first-order valence-electron chi connectivity index (χ1n) is 9.15. The number of benzene rings is 2. The molecule has 0 aliphatic carbocycles. The van der Waals surface area contributed by atoms with E-state index >= 15 is 0 Å². The first-order valence-corrected chi connectivity index (χ1v) is 9.15. The molecular formula is C23H28NO2+. The number of hydrogen-bond donors (Lipinski definition) is 1. The largest absolute Gasteiger partial charge is 0.387 e. The topological polar surface area (TPSA) is 33.3 Å². The minimum Gasteiger partial charge on any atom is -0.387 e. The van der Waals surface area contributed by atoms with Crippen LogP contribution in [0.25, 0.3) is 22.0 Å². The maximum absolute atomic E-state index is 9.84. The molecule has 1 N–H and O–H groups in total. The molecule has 1 aromatic heterocycles. The Morgan fingerprint density at radius 3 is 2.46 bits per heavy atom. The summed E-state index contributed by atoms with van der Waals surface area (Å²) in [5, 5.41) is 12.2. The lowest BCUT2D eigenvalue weighted by molar-refractivity contribution is -0.752. The molecule has 0 bridgehead atoms. The van der Waals surface area contributed by atoms with E-state index in [1.807, 2.05) is 10.8 Å². The van der Waals surface area contributed by atoms with Gasteiger partial charge in [-0.05, 0) is 48.4 Å². The molecule has 3 nitrogen and oxygen atoms in total. The summed E-state index contributed by atoms with van der Waals surface area (Å²) in [6.07, 6.45) is 1.59. The second-order valence-corrected chi connectivity index (χ2v) is 7.26.